The second-order valence-corrected chi connectivity index (χ2v) is 5.09. The van der Waals surface area contributed by atoms with Crippen LogP contribution in [0.1, 0.15) is 24.8 Å². The van der Waals surface area contributed by atoms with Gasteiger partial charge in [-0.3, -0.25) is 5.10 Å². The number of H-pyrrole nitrogens is 1. The molecule has 0 unspecified atom stereocenters. The fourth-order valence-corrected chi connectivity index (χ4v) is 2.36. The Morgan fingerprint density at radius 3 is 3.00 bits per heavy atom. The molecule has 1 aliphatic carbocycles. The lowest BCUT2D eigenvalue weighted by molar-refractivity contribution is 0.610. The second kappa shape index (κ2) is 3.47. The van der Waals surface area contributed by atoms with E-state index in [0.717, 1.165) is 36.6 Å². The summed E-state index contributed by atoms with van der Waals surface area (Å²) in [5.41, 5.74) is 8.37. The van der Waals surface area contributed by atoms with Crippen LogP contribution in [-0.4, -0.2) is 15.7 Å². The minimum Gasteiger partial charge on any atom is -0.325 e. The highest BCUT2D eigenvalue weighted by molar-refractivity contribution is 6.34. The molecule has 0 bridgehead atoms. The lowest BCUT2D eigenvalue weighted by atomic mass is 10.0. The topological polar surface area (TPSA) is 54.7 Å². The number of halogens is 1. The Bertz CT molecular complexity index is 528. The Morgan fingerprint density at radius 1 is 1.44 bits per heavy atom. The Labute approximate surface area is 99.0 Å². The maximum Gasteiger partial charge on any atom is 0.132 e. The number of nitrogens with one attached hydrogen (secondary N) is 1. The molecule has 0 spiro atoms. The number of aryl methyl sites for hydroxylation is 1. The van der Waals surface area contributed by atoms with E-state index >= 15 is 0 Å². The lowest BCUT2D eigenvalue weighted by Crippen LogP contribution is -2.22. The molecule has 0 aliphatic heterocycles. The molecule has 4 heteroatoms. The molecular formula is C12H14ClN3. The van der Waals surface area contributed by atoms with Gasteiger partial charge in [-0.05, 0) is 37.3 Å². The van der Waals surface area contributed by atoms with Gasteiger partial charge in [-0.2, -0.15) is 5.10 Å². The van der Waals surface area contributed by atoms with Crippen LogP contribution in [-0.2, 0) is 6.42 Å². The van der Waals surface area contributed by atoms with Gasteiger partial charge in [0.1, 0.15) is 5.15 Å². The minimum absolute atomic E-state index is 0.0956. The summed E-state index contributed by atoms with van der Waals surface area (Å²) < 4.78 is 0. The van der Waals surface area contributed by atoms with Gasteiger partial charge in [-0.1, -0.05) is 23.7 Å². The number of hydrogen-bond donors (Lipinski definition) is 2. The monoisotopic (exact) mass is 235 g/mol. The lowest BCUT2D eigenvalue weighted by Gasteiger charge is -2.08. The highest BCUT2D eigenvalue weighted by Crippen LogP contribution is 2.37. The van der Waals surface area contributed by atoms with Crippen molar-refractivity contribution in [3.05, 3.63) is 28.9 Å². The van der Waals surface area contributed by atoms with E-state index in [1.54, 1.807) is 0 Å². The molecule has 3 nitrogen and oxygen atoms in total. The summed E-state index contributed by atoms with van der Waals surface area (Å²) in [5.74, 6) is 0. The number of aromatic amines is 1. The average Bonchev–Trinajstić information content (AvgIpc) is 2.90. The van der Waals surface area contributed by atoms with Crippen molar-refractivity contribution in [2.75, 3.05) is 0 Å². The van der Waals surface area contributed by atoms with Crippen LogP contribution in [0.4, 0.5) is 0 Å². The fraction of sp³-hybridized carbons (Fsp3) is 0.417. The maximum absolute atomic E-state index is 6.10. The van der Waals surface area contributed by atoms with E-state index in [2.05, 4.69) is 16.3 Å². The molecule has 2 aromatic rings. The van der Waals surface area contributed by atoms with Gasteiger partial charge in [0.05, 0.1) is 5.52 Å². The molecule has 84 valence electrons. The van der Waals surface area contributed by atoms with E-state index in [9.17, 15) is 0 Å². The maximum atomic E-state index is 6.10. The van der Waals surface area contributed by atoms with Crippen molar-refractivity contribution in [1.29, 1.82) is 0 Å². The standard InChI is InChI=1S/C12H14ClN3/c13-11-10-8(4-5-12(14)6-7-12)2-1-3-9(10)15-16-11/h1-3H,4-7,14H2,(H,15,16). The summed E-state index contributed by atoms with van der Waals surface area (Å²) in [7, 11) is 0. The molecule has 1 fully saturated rings. The van der Waals surface area contributed by atoms with Crippen LogP contribution in [0.3, 0.4) is 0 Å². The quantitative estimate of drug-likeness (QED) is 0.859. The Morgan fingerprint density at radius 2 is 2.25 bits per heavy atom. The molecule has 1 aliphatic rings. The van der Waals surface area contributed by atoms with Crippen LogP contribution in [0, 0.1) is 0 Å². The van der Waals surface area contributed by atoms with E-state index in [-0.39, 0.29) is 5.54 Å². The van der Waals surface area contributed by atoms with E-state index in [1.807, 2.05) is 12.1 Å². The second-order valence-electron chi connectivity index (χ2n) is 4.71. The van der Waals surface area contributed by atoms with E-state index in [4.69, 9.17) is 17.3 Å². The van der Waals surface area contributed by atoms with Crippen molar-refractivity contribution in [1.82, 2.24) is 10.2 Å². The summed E-state index contributed by atoms with van der Waals surface area (Å²) in [6.07, 6.45) is 4.32. The summed E-state index contributed by atoms with van der Waals surface area (Å²) in [6.45, 7) is 0. The van der Waals surface area contributed by atoms with Gasteiger partial charge >= 0.3 is 0 Å². The third kappa shape index (κ3) is 1.70. The SMILES string of the molecule is NC1(CCc2cccc3n[nH]c(Cl)c23)CC1. The highest BCUT2D eigenvalue weighted by Gasteiger charge is 2.37. The van der Waals surface area contributed by atoms with Crippen LogP contribution < -0.4 is 5.73 Å². The van der Waals surface area contributed by atoms with Crippen LogP contribution in [0.25, 0.3) is 10.9 Å². The zero-order chi connectivity index (χ0) is 11.2. The number of nitrogens with zero attached hydrogens (tertiary/aromatic N) is 1. The molecule has 0 radical (unpaired) electrons. The van der Waals surface area contributed by atoms with Crippen molar-refractivity contribution in [2.45, 2.75) is 31.2 Å². The first kappa shape index (κ1) is 10.1. The van der Waals surface area contributed by atoms with Gasteiger partial charge in [-0.15, -0.1) is 0 Å². The molecular weight excluding hydrogens is 222 g/mol. The van der Waals surface area contributed by atoms with Crippen LogP contribution >= 0.6 is 11.6 Å². The van der Waals surface area contributed by atoms with Crippen molar-refractivity contribution in [3.8, 4) is 0 Å². The van der Waals surface area contributed by atoms with E-state index in [0.29, 0.717) is 5.15 Å². The molecule has 1 heterocycles. The van der Waals surface area contributed by atoms with Crippen molar-refractivity contribution in [3.63, 3.8) is 0 Å². The average molecular weight is 236 g/mol. The van der Waals surface area contributed by atoms with Gasteiger partial charge in [0.25, 0.3) is 0 Å². The van der Waals surface area contributed by atoms with Crippen LogP contribution in [0.15, 0.2) is 18.2 Å². The summed E-state index contributed by atoms with van der Waals surface area (Å²) in [5, 5.41) is 8.65. The van der Waals surface area contributed by atoms with Gasteiger partial charge in [-0.25, -0.2) is 0 Å². The molecule has 3 rings (SSSR count). The van der Waals surface area contributed by atoms with Crippen molar-refractivity contribution >= 4 is 22.5 Å². The number of benzene rings is 1. The summed E-state index contributed by atoms with van der Waals surface area (Å²) in [6, 6.07) is 6.09. The van der Waals surface area contributed by atoms with Crippen molar-refractivity contribution < 1.29 is 0 Å². The third-order valence-electron chi connectivity index (χ3n) is 3.41. The molecule has 0 saturated heterocycles. The van der Waals surface area contributed by atoms with Gasteiger partial charge in [0, 0.05) is 10.9 Å². The van der Waals surface area contributed by atoms with Gasteiger partial charge in [0.2, 0.25) is 0 Å². The molecule has 0 amide bonds. The summed E-state index contributed by atoms with van der Waals surface area (Å²) in [4.78, 5) is 0. The predicted molar refractivity (Wildman–Crippen MR) is 65.6 cm³/mol. The van der Waals surface area contributed by atoms with E-state index < -0.39 is 0 Å². The van der Waals surface area contributed by atoms with Crippen molar-refractivity contribution in [2.24, 2.45) is 5.73 Å². The van der Waals surface area contributed by atoms with Gasteiger partial charge < -0.3 is 5.73 Å². The Kier molecular flexibility index (Phi) is 2.19. The van der Waals surface area contributed by atoms with Crippen LogP contribution in [0.2, 0.25) is 5.15 Å². The Hall–Kier alpha value is -1.06. The molecule has 3 N–H and O–H groups in total. The molecule has 0 atom stereocenters. The first-order valence-corrected chi connectivity index (χ1v) is 5.96. The van der Waals surface area contributed by atoms with E-state index in [1.165, 1.54) is 5.56 Å². The third-order valence-corrected chi connectivity index (χ3v) is 3.68. The molecule has 16 heavy (non-hydrogen) atoms. The molecule has 1 aromatic heterocycles. The normalized spacial score (nSPS) is 17.9. The largest absolute Gasteiger partial charge is 0.325 e. The minimum atomic E-state index is 0.0956. The summed E-state index contributed by atoms with van der Waals surface area (Å²) >= 11 is 6.09. The molecule has 1 aromatic carbocycles. The first-order valence-electron chi connectivity index (χ1n) is 5.58. The smallest absolute Gasteiger partial charge is 0.132 e. The number of rotatable bonds is 3. The number of fused-ring (bicyclic) bond motifs is 1. The first-order chi connectivity index (χ1) is 7.68. The number of hydrogen-bond acceptors (Lipinski definition) is 2. The Balaban J connectivity index is 1.93. The molecule has 1 saturated carbocycles. The highest BCUT2D eigenvalue weighted by atomic mass is 35.5. The zero-order valence-corrected chi connectivity index (χ0v) is 9.72. The zero-order valence-electron chi connectivity index (χ0n) is 8.96. The number of nitrogens with two attached hydrogens (primary N) is 1. The van der Waals surface area contributed by atoms with Gasteiger partial charge in [0.15, 0.2) is 0 Å². The van der Waals surface area contributed by atoms with Crippen LogP contribution in [0.5, 0.6) is 0 Å². The number of aromatic nitrogens is 2. The predicted octanol–water partition coefficient (Wildman–Crippen LogP) is 2.64. The fourth-order valence-electron chi connectivity index (χ4n) is 2.10.